The highest BCUT2D eigenvalue weighted by atomic mass is 16.8. The first-order chi connectivity index (χ1) is 29.3. The third-order valence-corrected chi connectivity index (χ3v) is 10.9. The van der Waals surface area contributed by atoms with Gasteiger partial charge in [0.15, 0.2) is 18.9 Å². The van der Waals surface area contributed by atoms with E-state index in [4.69, 9.17) is 28.4 Å². The molecule has 3 heterocycles. The summed E-state index contributed by atoms with van der Waals surface area (Å²) in [5.41, 5.74) is 0. The van der Waals surface area contributed by atoms with E-state index >= 15 is 0 Å². The van der Waals surface area contributed by atoms with Crippen LogP contribution in [0.3, 0.4) is 0 Å². The Morgan fingerprint density at radius 3 is 1.59 bits per heavy atom. The number of aliphatic hydroxyl groups is 11. The molecule has 1 amide bonds. The van der Waals surface area contributed by atoms with Gasteiger partial charge in [0.25, 0.3) is 0 Å². The lowest BCUT2D eigenvalue weighted by Crippen LogP contribution is -2.66. The maximum Gasteiger partial charge on any atom is 0.220 e. The van der Waals surface area contributed by atoms with Crippen molar-refractivity contribution in [2.24, 2.45) is 0 Å². The predicted octanol–water partition coefficient (Wildman–Crippen LogP) is -1.31. The zero-order valence-electron chi connectivity index (χ0n) is 35.4. The van der Waals surface area contributed by atoms with E-state index in [1.165, 1.54) is 12.8 Å². The smallest absolute Gasteiger partial charge is 0.220 e. The van der Waals surface area contributed by atoms with Gasteiger partial charge in [0.2, 0.25) is 5.91 Å². The van der Waals surface area contributed by atoms with Crippen LogP contribution >= 0.6 is 0 Å². The molecule has 0 aromatic heterocycles. The van der Waals surface area contributed by atoms with E-state index in [-0.39, 0.29) is 18.9 Å². The molecule has 61 heavy (non-hydrogen) atoms. The van der Waals surface area contributed by atoms with Crippen LogP contribution in [0.2, 0.25) is 0 Å². The van der Waals surface area contributed by atoms with Gasteiger partial charge < -0.3 is 89.9 Å². The van der Waals surface area contributed by atoms with Gasteiger partial charge in [0.05, 0.1) is 38.6 Å². The molecule has 354 valence electrons. The third-order valence-electron chi connectivity index (χ3n) is 10.9. The molecule has 0 saturated carbocycles. The van der Waals surface area contributed by atoms with Crippen LogP contribution in [0.4, 0.5) is 0 Å². The minimum atomic E-state index is -1.98. The van der Waals surface area contributed by atoms with E-state index < -0.39 is 124 Å². The van der Waals surface area contributed by atoms with Crippen molar-refractivity contribution in [2.45, 2.75) is 195 Å². The van der Waals surface area contributed by atoms with Gasteiger partial charge >= 0.3 is 0 Å². The van der Waals surface area contributed by atoms with Gasteiger partial charge in [-0.2, -0.15) is 0 Å². The number of rotatable bonds is 27. The van der Waals surface area contributed by atoms with Crippen molar-refractivity contribution in [1.82, 2.24) is 5.32 Å². The van der Waals surface area contributed by atoms with Gasteiger partial charge in [-0.15, -0.1) is 0 Å². The third kappa shape index (κ3) is 16.5. The van der Waals surface area contributed by atoms with Crippen LogP contribution in [-0.2, 0) is 33.2 Å². The maximum atomic E-state index is 12.9. The average Bonchev–Trinajstić information content (AvgIpc) is 3.25. The van der Waals surface area contributed by atoms with Gasteiger partial charge in [-0.25, -0.2) is 0 Å². The molecule has 12 N–H and O–H groups in total. The number of carbonyl (C=O) groups is 1. The zero-order valence-corrected chi connectivity index (χ0v) is 35.4. The lowest BCUT2D eigenvalue weighted by Gasteiger charge is -2.48. The summed E-state index contributed by atoms with van der Waals surface area (Å²) in [6, 6.07) is -0.986. The predicted molar refractivity (Wildman–Crippen MR) is 217 cm³/mol. The van der Waals surface area contributed by atoms with Crippen LogP contribution in [0.1, 0.15) is 90.9 Å². The highest BCUT2D eigenvalue weighted by molar-refractivity contribution is 5.76. The Morgan fingerprint density at radius 2 is 1.05 bits per heavy atom. The highest BCUT2D eigenvalue weighted by Crippen LogP contribution is 2.32. The zero-order chi connectivity index (χ0) is 44.9. The molecule has 0 aromatic rings. The van der Waals surface area contributed by atoms with Crippen molar-refractivity contribution in [2.75, 3.05) is 26.4 Å². The van der Waals surface area contributed by atoms with Crippen molar-refractivity contribution in [3.63, 3.8) is 0 Å². The van der Waals surface area contributed by atoms with E-state index in [1.54, 1.807) is 12.2 Å². The number of allylic oxidation sites excluding steroid dienone is 5. The van der Waals surface area contributed by atoms with Gasteiger partial charge in [-0.3, -0.25) is 4.79 Å². The number of ether oxygens (including phenoxy) is 6. The van der Waals surface area contributed by atoms with Crippen molar-refractivity contribution in [3.8, 4) is 0 Å². The van der Waals surface area contributed by atoms with Gasteiger partial charge in [-0.05, 0) is 38.5 Å². The highest BCUT2D eigenvalue weighted by Gasteiger charge is 2.53. The number of unbranched alkanes of at least 4 members (excludes halogenated alkanes) is 7. The first-order valence-electron chi connectivity index (χ1n) is 21.7. The first-order valence-corrected chi connectivity index (χ1v) is 21.7. The van der Waals surface area contributed by atoms with Crippen LogP contribution < -0.4 is 5.32 Å². The maximum absolute atomic E-state index is 12.9. The average molecular weight is 880 g/mol. The number of hydrogen-bond acceptors (Lipinski definition) is 18. The molecule has 17 atom stereocenters. The van der Waals surface area contributed by atoms with E-state index in [2.05, 4.69) is 43.5 Å². The molecule has 19 nitrogen and oxygen atoms in total. The first kappa shape index (κ1) is 53.3. The van der Waals surface area contributed by atoms with Crippen molar-refractivity contribution in [1.29, 1.82) is 0 Å². The van der Waals surface area contributed by atoms with Gasteiger partial charge in [0.1, 0.15) is 73.2 Å². The van der Waals surface area contributed by atoms with Crippen LogP contribution in [0.5, 0.6) is 0 Å². The molecule has 3 fully saturated rings. The summed E-state index contributed by atoms with van der Waals surface area (Å²) in [5.74, 6) is -0.314. The van der Waals surface area contributed by atoms with E-state index in [0.717, 1.165) is 44.9 Å². The Labute approximate surface area is 358 Å². The van der Waals surface area contributed by atoms with Gasteiger partial charge in [0, 0.05) is 6.42 Å². The summed E-state index contributed by atoms with van der Waals surface area (Å²) in [5, 5.41) is 119. The molecular formula is C42H73NO18. The molecule has 0 bridgehead atoms. The van der Waals surface area contributed by atoms with Crippen molar-refractivity contribution < 1.29 is 89.4 Å². The second-order valence-corrected chi connectivity index (χ2v) is 15.8. The van der Waals surface area contributed by atoms with Crippen LogP contribution in [0.15, 0.2) is 36.5 Å². The topological polar surface area (TPSA) is 307 Å². The van der Waals surface area contributed by atoms with Crippen LogP contribution in [0.25, 0.3) is 0 Å². The Hall–Kier alpha value is -1.99. The molecule has 0 radical (unpaired) electrons. The lowest BCUT2D eigenvalue weighted by molar-refractivity contribution is -0.379. The summed E-state index contributed by atoms with van der Waals surface area (Å²) < 4.78 is 33.8. The summed E-state index contributed by atoms with van der Waals surface area (Å²) in [4.78, 5) is 12.9. The fourth-order valence-corrected chi connectivity index (χ4v) is 7.14. The Balaban J connectivity index is 1.61. The molecule has 3 saturated heterocycles. The SMILES string of the molecule is CCCC/C=C/CC/C=C/CC/C=C/C(O)C(COC1OC(CO)C(OC2OC(CO)C(OC3OC(CO)C(O)C(O)C3O)C(O)C2O)C(O)C1O)NC(=O)CCCCCC. The summed E-state index contributed by atoms with van der Waals surface area (Å²) >= 11 is 0. The molecule has 0 spiro atoms. The minimum Gasteiger partial charge on any atom is -0.394 e. The molecule has 3 rings (SSSR count). The standard InChI is InChI=1S/C42H73NO18/c1-3-5-7-9-10-11-12-13-14-15-16-17-19-26(47)25(43-30(48)20-18-8-6-4-2)24-56-40-36(54)33(51)38(28(22-45)58-40)61-42-37(55)34(52)39(29(23-46)59-42)60-41-35(53)32(50)31(49)27(21-44)57-41/h9-10,13-14,17,19,25-29,31-42,44-47,49-55H,3-8,11-12,15-16,18,20-24H2,1-2H3,(H,43,48)/b10-9+,14-13+,19-17+. The quantitative estimate of drug-likeness (QED) is 0.0337. The second kappa shape index (κ2) is 28.7. The van der Waals surface area contributed by atoms with Gasteiger partial charge in [-0.1, -0.05) is 82.4 Å². The number of amides is 1. The van der Waals surface area contributed by atoms with E-state index in [9.17, 15) is 61.0 Å². The Morgan fingerprint density at radius 1 is 0.574 bits per heavy atom. The summed E-state index contributed by atoms with van der Waals surface area (Å²) in [6.07, 6.45) is -4.50. The number of hydrogen-bond donors (Lipinski definition) is 12. The molecule has 3 aliphatic rings. The molecule has 17 unspecified atom stereocenters. The van der Waals surface area contributed by atoms with E-state index in [1.807, 2.05) is 0 Å². The second-order valence-electron chi connectivity index (χ2n) is 15.8. The number of aliphatic hydroxyl groups excluding tert-OH is 11. The molecule has 3 aliphatic heterocycles. The lowest BCUT2D eigenvalue weighted by atomic mass is 9.96. The number of carbonyl (C=O) groups excluding carboxylic acids is 1. The van der Waals surface area contributed by atoms with Crippen LogP contribution in [0, 0.1) is 0 Å². The minimum absolute atomic E-state index is 0.222. The Bertz CT molecular complexity index is 1290. The monoisotopic (exact) mass is 879 g/mol. The fraction of sp³-hybridized carbons (Fsp3) is 0.833. The number of nitrogens with one attached hydrogen (secondary N) is 1. The van der Waals surface area contributed by atoms with E-state index in [0.29, 0.717) is 12.8 Å². The molecular weight excluding hydrogens is 806 g/mol. The molecule has 0 aromatic carbocycles. The molecule has 0 aliphatic carbocycles. The largest absolute Gasteiger partial charge is 0.394 e. The van der Waals surface area contributed by atoms with Crippen molar-refractivity contribution >= 4 is 5.91 Å². The Kier molecular flexibility index (Phi) is 25.1. The van der Waals surface area contributed by atoms with Crippen LogP contribution in [-0.4, -0.2) is 193 Å². The summed E-state index contributed by atoms with van der Waals surface area (Å²) in [6.45, 7) is 1.42. The molecule has 19 heteroatoms. The normalized spacial score (nSPS) is 35.9. The van der Waals surface area contributed by atoms with Crippen molar-refractivity contribution in [3.05, 3.63) is 36.5 Å². The fourth-order valence-electron chi connectivity index (χ4n) is 7.14. The summed E-state index contributed by atoms with van der Waals surface area (Å²) in [7, 11) is 0.